The van der Waals surface area contributed by atoms with Crippen molar-refractivity contribution >= 4 is 54.9 Å². The Morgan fingerprint density at radius 2 is 1.80 bits per heavy atom. The maximum Gasteiger partial charge on any atom is 0.343 e. The Kier molecular flexibility index (Phi) is 6.45. The van der Waals surface area contributed by atoms with Crippen LogP contribution in [0.25, 0.3) is 6.08 Å². The quantitative estimate of drug-likeness (QED) is 0.361. The minimum atomic E-state index is -3.63. The van der Waals surface area contributed by atoms with Crippen LogP contribution in [0.3, 0.4) is 0 Å². The Labute approximate surface area is 204 Å². The number of esters is 1. The van der Waals surface area contributed by atoms with Gasteiger partial charge in [0.1, 0.15) is 5.75 Å². The van der Waals surface area contributed by atoms with Crippen LogP contribution in [0.4, 0.5) is 0 Å². The number of nitrogens with one attached hydrogen (secondary N) is 1. The average molecular weight is 515 g/mol. The predicted molar refractivity (Wildman–Crippen MR) is 131 cm³/mol. The number of sulfone groups is 1. The van der Waals surface area contributed by atoms with E-state index >= 15 is 0 Å². The molecule has 0 fully saturated rings. The number of benzene rings is 2. The highest BCUT2D eigenvalue weighted by Gasteiger charge is 2.38. The van der Waals surface area contributed by atoms with Crippen LogP contribution in [0, 0.1) is 5.41 Å². The molecule has 2 aliphatic heterocycles. The van der Waals surface area contributed by atoms with Crippen molar-refractivity contribution in [3.63, 3.8) is 0 Å². The van der Waals surface area contributed by atoms with Crippen molar-refractivity contribution in [2.24, 2.45) is 10.1 Å². The summed E-state index contributed by atoms with van der Waals surface area (Å²) in [7, 11) is -0.713. The number of ether oxygens (including phenoxy) is 3. The monoisotopic (exact) mass is 514 g/mol. The summed E-state index contributed by atoms with van der Waals surface area (Å²) in [5.74, 6) is -0.669. The molecule has 2 heterocycles. The van der Waals surface area contributed by atoms with Gasteiger partial charge in [-0.15, -0.1) is 5.10 Å². The molecule has 11 nitrogen and oxygen atoms in total. The molecule has 0 atom stereocenters. The maximum atomic E-state index is 12.5. The standard InChI is InChI=1S/C22H18N4O7S2/c1-31-14-7-5-13(6-8-14)20(28)33-16-9-4-12(11-17(16)32-2)10-15-18(23)26-21(24-19(15)27)34-22(25-26)35(3,29)30/h4-11,23H,1-3H3/b15-10+,23-18?. The van der Waals surface area contributed by atoms with Gasteiger partial charge in [-0.25, -0.2) is 13.2 Å². The lowest BCUT2D eigenvalue weighted by Gasteiger charge is -2.20. The lowest BCUT2D eigenvalue weighted by atomic mass is 10.1. The number of methoxy groups -OCH3 is 2. The third-order valence-corrected chi connectivity index (χ3v) is 7.36. The first-order chi connectivity index (χ1) is 16.6. The van der Waals surface area contributed by atoms with Gasteiger partial charge in [0, 0.05) is 6.26 Å². The number of amides is 1. The van der Waals surface area contributed by atoms with Gasteiger partial charge in [0.05, 0.1) is 25.4 Å². The fourth-order valence-electron chi connectivity index (χ4n) is 3.04. The minimum Gasteiger partial charge on any atom is -0.497 e. The largest absolute Gasteiger partial charge is 0.497 e. The third-order valence-electron chi connectivity index (χ3n) is 4.78. The molecule has 0 aliphatic carbocycles. The van der Waals surface area contributed by atoms with Crippen molar-refractivity contribution in [2.75, 3.05) is 20.5 Å². The number of aliphatic imine (C=N–C) groups is 1. The van der Waals surface area contributed by atoms with Crippen molar-refractivity contribution in [1.82, 2.24) is 5.01 Å². The number of rotatable bonds is 5. The van der Waals surface area contributed by atoms with Crippen LogP contribution in [0.2, 0.25) is 0 Å². The number of hydrazone groups is 1. The van der Waals surface area contributed by atoms with E-state index in [0.29, 0.717) is 28.6 Å². The van der Waals surface area contributed by atoms with Crippen LogP contribution < -0.4 is 14.2 Å². The Morgan fingerprint density at radius 3 is 2.43 bits per heavy atom. The van der Waals surface area contributed by atoms with Gasteiger partial charge in [0.25, 0.3) is 5.91 Å². The lowest BCUT2D eigenvalue weighted by molar-refractivity contribution is -0.114. The second-order valence-electron chi connectivity index (χ2n) is 7.19. The van der Waals surface area contributed by atoms with Crippen molar-refractivity contribution in [3.8, 4) is 17.2 Å². The van der Waals surface area contributed by atoms with Crippen molar-refractivity contribution in [2.45, 2.75) is 0 Å². The zero-order valence-corrected chi connectivity index (χ0v) is 20.3. The third kappa shape index (κ3) is 4.95. The average Bonchev–Trinajstić information content (AvgIpc) is 3.27. The van der Waals surface area contributed by atoms with Crippen LogP contribution in [-0.2, 0) is 14.6 Å². The summed E-state index contributed by atoms with van der Waals surface area (Å²) in [5, 5.41) is 13.2. The summed E-state index contributed by atoms with van der Waals surface area (Å²) in [6, 6.07) is 11.0. The van der Waals surface area contributed by atoms with E-state index in [1.54, 1.807) is 30.3 Å². The second kappa shape index (κ2) is 9.35. The molecule has 2 aromatic carbocycles. The fourth-order valence-corrected chi connectivity index (χ4v) is 4.72. The van der Waals surface area contributed by atoms with Crippen LogP contribution in [-0.4, -0.2) is 61.2 Å². The summed E-state index contributed by atoms with van der Waals surface area (Å²) >= 11 is 0.705. The first-order valence-electron chi connectivity index (χ1n) is 9.85. The summed E-state index contributed by atoms with van der Waals surface area (Å²) in [6.07, 6.45) is 2.37. The topological polar surface area (TPSA) is 148 Å². The molecular formula is C22H18N4O7S2. The number of carbonyl (C=O) groups excluding carboxylic acids is 2. The first kappa shape index (κ1) is 24.2. The molecule has 4 rings (SSSR count). The molecule has 0 aromatic heterocycles. The molecule has 2 aliphatic rings. The van der Waals surface area contributed by atoms with E-state index in [4.69, 9.17) is 19.6 Å². The maximum absolute atomic E-state index is 12.5. The number of thioether (sulfide) groups is 1. The normalized spacial score (nSPS) is 16.5. The Balaban J connectivity index is 1.59. The number of hydrogen-bond donors (Lipinski definition) is 1. The van der Waals surface area contributed by atoms with Gasteiger partial charge in [-0.05, 0) is 59.8 Å². The van der Waals surface area contributed by atoms with Crippen molar-refractivity contribution < 1.29 is 32.2 Å². The number of carbonyl (C=O) groups is 2. The highest BCUT2D eigenvalue weighted by Crippen LogP contribution is 2.32. The molecule has 1 amide bonds. The molecule has 0 unspecified atom stereocenters. The molecule has 0 bridgehead atoms. The van der Waals surface area contributed by atoms with E-state index in [9.17, 15) is 18.0 Å². The van der Waals surface area contributed by atoms with Gasteiger partial charge in [-0.1, -0.05) is 6.07 Å². The number of fused-ring (bicyclic) bond motifs is 1. The van der Waals surface area contributed by atoms with E-state index in [2.05, 4.69) is 10.1 Å². The zero-order valence-electron chi connectivity index (χ0n) is 18.6. The van der Waals surface area contributed by atoms with Crippen LogP contribution >= 0.6 is 11.8 Å². The molecule has 0 saturated heterocycles. The number of nitrogens with zero attached hydrogens (tertiary/aromatic N) is 3. The molecule has 180 valence electrons. The van der Waals surface area contributed by atoms with Crippen LogP contribution in [0.15, 0.2) is 58.1 Å². The Morgan fingerprint density at radius 1 is 1.09 bits per heavy atom. The van der Waals surface area contributed by atoms with Gasteiger partial charge in [-0.2, -0.15) is 10.0 Å². The van der Waals surface area contributed by atoms with Crippen molar-refractivity contribution in [3.05, 3.63) is 59.2 Å². The number of amidine groups is 2. The van der Waals surface area contributed by atoms with E-state index in [1.165, 1.54) is 32.4 Å². The van der Waals surface area contributed by atoms with Gasteiger partial charge in [-0.3, -0.25) is 10.2 Å². The molecule has 0 radical (unpaired) electrons. The van der Waals surface area contributed by atoms with E-state index in [0.717, 1.165) is 11.3 Å². The molecule has 2 aromatic rings. The Hall–Kier alpha value is -3.97. The van der Waals surface area contributed by atoms with Crippen molar-refractivity contribution in [1.29, 1.82) is 5.41 Å². The fraction of sp³-hybridized carbons (Fsp3) is 0.136. The molecule has 13 heteroatoms. The van der Waals surface area contributed by atoms with E-state index in [-0.39, 0.29) is 32.5 Å². The highest BCUT2D eigenvalue weighted by molar-refractivity contribution is 8.42. The van der Waals surface area contributed by atoms with Gasteiger partial charge in [0.2, 0.25) is 19.4 Å². The molecule has 1 N–H and O–H groups in total. The minimum absolute atomic E-state index is 0.00375. The summed E-state index contributed by atoms with van der Waals surface area (Å²) in [4.78, 5) is 28.9. The first-order valence-corrected chi connectivity index (χ1v) is 12.6. The molecule has 0 saturated carbocycles. The summed E-state index contributed by atoms with van der Waals surface area (Å²) in [5.41, 5.74) is 0.668. The smallest absolute Gasteiger partial charge is 0.343 e. The van der Waals surface area contributed by atoms with E-state index < -0.39 is 21.7 Å². The molecule has 0 spiro atoms. The number of hydrogen-bond acceptors (Lipinski definition) is 10. The van der Waals surface area contributed by atoms with Gasteiger partial charge < -0.3 is 14.2 Å². The summed E-state index contributed by atoms with van der Waals surface area (Å²) in [6.45, 7) is 0. The van der Waals surface area contributed by atoms with Gasteiger partial charge in [0.15, 0.2) is 17.3 Å². The lowest BCUT2D eigenvalue weighted by Crippen LogP contribution is -2.35. The second-order valence-corrected chi connectivity index (χ2v) is 10.3. The predicted octanol–water partition coefficient (Wildman–Crippen LogP) is 2.54. The molecule has 35 heavy (non-hydrogen) atoms. The van der Waals surface area contributed by atoms with Crippen LogP contribution in [0.1, 0.15) is 15.9 Å². The van der Waals surface area contributed by atoms with E-state index in [1.807, 2.05) is 0 Å². The molecular weight excluding hydrogens is 496 g/mol. The highest BCUT2D eigenvalue weighted by atomic mass is 32.3. The van der Waals surface area contributed by atoms with Crippen LogP contribution in [0.5, 0.6) is 17.2 Å². The van der Waals surface area contributed by atoms with Gasteiger partial charge >= 0.3 is 5.97 Å². The Bertz CT molecular complexity index is 1440. The zero-order chi connectivity index (χ0) is 25.3. The summed E-state index contributed by atoms with van der Waals surface area (Å²) < 4.78 is 39.1. The SMILES string of the molecule is COc1ccc(C(=O)Oc2ccc(/C=C3\C(=N)N4N=C(S(C)(=O)=O)SC4=NC3=O)cc2OC)cc1.